The highest BCUT2D eigenvalue weighted by Gasteiger charge is 2.36. The smallest absolute Gasteiger partial charge is 0.417 e. The van der Waals surface area contributed by atoms with Crippen molar-refractivity contribution in [3.05, 3.63) is 46.6 Å². The monoisotopic (exact) mass is 556 g/mol. The lowest BCUT2D eigenvalue weighted by atomic mass is 10.0. The number of piperidine rings is 1. The lowest BCUT2D eigenvalue weighted by molar-refractivity contribution is -0.136. The van der Waals surface area contributed by atoms with Crippen molar-refractivity contribution in [2.24, 2.45) is 0 Å². The predicted molar refractivity (Wildman–Crippen MR) is 131 cm³/mol. The van der Waals surface area contributed by atoms with Gasteiger partial charge in [-0.15, -0.1) is 11.3 Å². The van der Waals surface area contributed by atoms with E-state index in [1.54, 1.807) is 20.8 Å². The molecule has 2 amide bonds. The normalized spacial score (nSPS) is 15.9. The first-order valence-electron chi connectivity index (χ1n) is 11.7. The number of halogens is 5. The Balaban J connectivity index is 1.57. The van der Waals surface area contributed by atoms with E-state index in [1.165, 1.54) is 29.3 Å². The molecule has 2 aromatic heterocycles. The molecule has 3 heterocycles. The topological polar surface area (TPSA) is 84.4 Å². The molecular weight excluding hydrogens is 531 g/mol. The van der Waals surface area contributed by atoms with Gasteiger partial charge in [-0.3, -0.25) is 9.78 Å². The van der Waals surface area contributed by atoms with Gasteiger partial charge in [0.25, 0.3) is 11.8 Å². The Morgan fingerprint density at radius 1 is 1.13 bits per heavy atom. The summed E-state index contributed by atoms with van der Waals surface area (Å²) in [5, 5.41) is 2.74. The fourth-order valence-corrected chi connectivity index (χ4v) is 4.90. The van der Waals surface area contributed by atoms with Gasteiger partial charge in [0.2, 0.25) is 0 Å². The van der Waals surface area contributed by atoms with Gasteiger partial charge in [-0.1, -0.05) is 0 Å². The average Bonchev–Trinajstić information content (AvgIpc) is 3.23. The number of amides is 2. The summed E-state index contributed by atoms with van der Waals surface area (Å²) in [4.78, 5) is 34.3. The van der Waals surface area contributed by atoms with Gasteiger partial charge in [0.05, 0.1) is 33.6 Å². The number of nitrogens with zero attached hydrogens (tertiary/aromatic N) is 3. The molecule has 1 aliphatic rings. The van der Waals surface area contributed by atoms with E-state index in [-0.39, 0.29) is 51.7 Å². The van der Waals surface area contributed by atoms with E-state index in [2.05, 4.69) is 15.3 Å². The number of alkyl halides is 5. The maximum atomic E-state index is 13.9. The molecule has 13 heteroatoms. The number of rotatable bonds is 4. The minimum atomic E-state index is -4.68. The number of hydrogen-bond donors (Lipinski definition) is 1. The molecule has 1 N–H and O–H groups in total. The van der Waals surface area contributed by atoms with Gasteiger partial charge in [-0.25, -0.2) is 18.6 Å². The Morgan fingerprint density at radius 2 is 1.82 bits per heavy atom. The Bertz CT molecular complexity index is 1340. The van der Waals surface area contributed by atoms with Gasteiger partial charge in [-0.2, -0.15) is 13.2 Å². The van der Waals surface area contributed by atoms with E-state index in [0.717, 1.165) is 17.4 Å². The standard InChI is InChI=1S/C25H25F5N4O3S/c1-23(2,3)37-22(36)32-13-19-33-18-11-15(10-16(20(18)38-19)25(28,29)30)17-5-4-14(12-31-17)21(35)34-8-6-24(26,27)7-9-34/h4-5,10-12H,6-9,13H2,1-3H3,(H,32,36). The van der Waals surface area contributed by atoms with Gasteiger partial charge in [0.15, 0.2) is 0 Å². The van der Waals surface area contributed by atoms with Crippen molar-refractivity contribution in [1.29, 1.82) is 0 Å². The molecule has 1 saturated heterocycles. The number of pyridine rings is 1. The second kappa shape index (κ2) is 10.1. The molecule has 1 fully saturated rings. The lowest BCUT2D eigenvalue weighted by Crippen LogP contribution is -2.42. The fraction of sp³-hybridized carbons (Fsp3) is 0.440. The second-order valence-electron chi connectivity index (χ2n) is 9.91. The average molecular weight is 557 g/mol. The Morgan fingerprint density at radius 3 is 2.39 bits per heavy atom. The maximum Gasteiger partial charge on any atom is 0.417 e. The largest absolute Gasteiger partial charge is 0.444 e. The number of alkyl carbamates (subject to hydrolysis) is 1. The molecule has 3 aromatic rings. The van der Waals surface area contributed by atoms with Crippen LogP contribution >= 0.6 is 11.3 Å². The molecule has 4 rings (SSSR count). The molecule has 0 atom stereocenters. The van der Waals surface area contributed by atoms with E-state index in [9.17, 15) is 31.5 Å². The van der Waals surface area contributed by atoms with E-state index < -0.39 is 48.1 Å². The highest BCUT2D eigenvalue weighted by Crippen LogP contribution is 2.40. The number of nitrogens with one attached hydrogen (secondary N) is 1. The number of carbonyl (C=O) groups is 2. The first-order chi connectivity index (χ1) is 17.6. The van der Waals surface area contributed by atoms with E-state index in [1.807, 2.05) is 0 Å². The summed E-state index contributed by atoms with van der Waals surface area (Å²) in [6.45, 7) is 4.77. The predicted octanol–water partition coefficient (Wildman–Crippen LogP) is 6.27. The van der Waals surface area contributed by atoms with Crippen molar-refractivity contribution in [3.63, 3.8) is 0 Å². The van der Waals surface area contributed by atoms with Gasteiger partial charge in [0, 0.05) is 37.7 Å². The zero-order valence-corrected chi connectivity index (χ0v) is 21.6. The number of likely N-dealkylation sites (tertiary alicyclic amines) is 1. The highest BCUT2D eigenvalue weighted by molar-refractivity contribution is 7.18. The maximum absolute atomic E-state index is 13.9. The number of aromatic nitrogens is 2. The van der Waals surface area contributed by atoms with Crippen LogP contribution in [0.3, 0.4) is 0 Å². The second-order valence-corrected chi connectivity index (χ2v) is 11.0. The Labute approximate surface area is 219 Å². The summed E-state index contributed by atoms with van der Waals surface area (Å²) in [6, 6.07) is 5.23. The fourth-order valence-electron chi connectivity index (χ4n) is 3.89. The van der Waals surface area contributed by atoms with Crippen LogP contribution in [0.5, 0.6) is 0 Å². The summed E-state index contributed by atoms with van der Waals surface area (Å²) < 4.78 is 73.6. The van der Waals surface area contributed by atoms with Gasteiger partial charge < -0.3 is 15.0 Å². The molecule has 0 aliphatic carbocycles. The van der Waals surface area contributed by atoms with E-state index in [0.29, 0.717) is 0 Å². The van der Waals surface area contributed by atoms with Crippen LogP contribution in [0.25, 0.3) is 21.5 Å². The number of carbonyl (C=O) groups excluding carboxylic acids is 2. The number of fused-ring (bicyclic) bond motifs is 1. The molecule has 0 saturated carbocycles. The number of hydrogen-bond acceptors (Lipinski definition) is 6. The summed E-state index contributed by atoms with van der Waals surface area (Å²) in [5.74, 6) is -3.26. The van der Waals surface area contributed by atoms with Crippen LogP contribution in [0.15, 0.2) is 30.5 Å². The third-order valence-corrected chi connectivity index (χ3v) is 6.82. The Hall–Kier alpha value is -3.35. The molecule has 0 bridgehead atoms. The molecule has 1 aliphatic heterocycles. The number of benzene rings is 1. The summed E-state index contributed by atoms with van der Waals surface area (Å²) >= 11 is 0.811. The van der Waals surface area contributed by atoms with Gasteiger partial charge >= 0.3 is 12.3 Å². The first kappa shape index (κ1) is 27.7. The minimum absolute atomic E-state index is 0.0806. The quantitative estimate of drug-likeness (QED) is 0.383. The van der Waals surface area contributed by atoms with E-state index in [4.69, 9.17) is 4.74 Å². The van der Waals surface area contributed by atoms with Crippen LogP contribution in [0.2, 0.25) is 0 Å². The van der Waals surface area contributed by atoms with Crippen molar-refractivity contribution in [1.82, 2.24) is 20.2 Å². The van der Waals surface area contributed by atoms with Crippen LogP contribution < -0.4 is 5.32 Å². The van der Waals surface area contributed by atoms with Crippen molar-refractivity contribution >= 4 is 33.6 Å². The van der Waals surface area contributed by atoms with Gasteiger partial charge in [0.1, 0.15) is 10.6 Å². The van der Waals surface area contributed by atoms with Crippen LogP contribution in [0, 0.1) is 0 Å². The molecule has 0 radical (unpaired) electrons. The summed E-state index contributed by atoms with van der Waals surface area (Å²) in [6.07, 6.45) is -5.02. The van der Waals surface area contributed by atoms with Crippen LogP contribution in [0.1, 0.15) is 54.5 Å². The number of thiazole rings is 1. The summed E-state index contributed by atoms with van der Waals surface area (Å²) in [5.41, 5.74) is -1.08. The van der Waals surface area contributed by atoms with Crippen LogP contribution in [-0.4, -0.2) is 51.5 Å². The lowest BCUT2D eigenvalue weighted by Gasteiger charge is -2.31. The summed E-state index contributed by atoms with van der Waals surface area (Å²) in [7, 11) is 0. The molecule has 1 aromatic carbocycles. The zero-order chi connectivity index (χ0) is 27.9. The van der Waals surface area contributed by atoms with Crippen molar-refractivity contribution in [3.8, 4) is 11.3 Å². The first-order valence-corrected chi connectivity index (χ1v) is 12.5. The Kier molecular flexibility index (Phi) is 7.34. The van der Waals surface area contributed by atoms with Crippen molar-refractivity contribution in [2.45, 2.75) is 57.9 Å². The van der Waals surface area contributed by atoms with E-state index >= 15 is 0 Å². The molecule has 0 unspecified atom stereocenters. The minimum Gasteiger partial charge on any atom is -0.444 e. The van der Waals surface area contributed by atoms with Crippen LogP contribution in [0.4, 0.5) is 26.7 Å². The molecule has 204 valence electrons. The van der Waals surface area contributed by atoms with Gasteiger partial charge in [-0.05, 0) is 45.0 Å². The SMILES string of the molecule is CC(C)(C)OC(=O)NCc1nc2cc(-c3ccc(C(=O)N4CCC(F)(F)CC4)cn3)cc(C(F)(F)F)c2s1. The molecule has 0 spiro atoms. The van der Waals surface area contributed by atoms with Crippen LogP contribution in [-0.2, 0) is 17.5 Å². The third-order valence-electron chi connectivity index (χ3n) is 5.71. The number of ether oxygens (including phenoxy) is 1. The van der Waals surface area contributed by atoms with Crippen molar-refractivity contribution in [2.75, 3.05) is 13.1 Å². The third kappa shape index (κ3) is 6.55. The molecule has 38 heavy (non-hydrogen) atoms. The highest BCUT2D eigenvalue weighted by atomic mass is 32.1. The zero-order valence-electron chi connectivity index (χ0n) is 20.8. The van der Waals surface area contributed by atoms with Crippen molar-refractivity contribution < 1.29 is 36.3 Å². The molecule has 7 nitrogen and oxygen atoms in total. The molecular formula is C25H25F5N4O3S.